The van der Waals surface area contributed by atoms with E-state index in [1.807, 2.05) is 14.0 Å². The highest BCUT2D eigenvalue weighted by Crippen LogP contribution is 2.21. The molecule has 4 nitrogen and oxygen atoms in total. The van der Waals surface area contributed by atoms with E-state index in [0.29, 0.717) is 12.5 Å². The zero-order valence-electron chi connectivity index (χ0n) is 10.9. The van der Waals surface area contributed by atoms with Crippen LogP contribution in [0.5, 0.6) is 0 Å². The molecule has 0 fully saturated rings. The summed E-state index contributed by atoms with van der Waals surface area (Å²) in [5, 5.41) is 8.43. The predicted molar refractivity (Wildman–Crippen MR) is 67.5 cm³/mol. The van der Waals surface area contributed by atoms with Crippen LogP contribution >= 0.6 is 0 Å². The average molecular weight is 222 g/mol. The lowest BCUT2D eigenvalue weighted by atomic mass is 10.1. The fourth-order valence-electron chi connectivity index (χ4n) is 1.83. The molecule has 1 aromatic heterocycles. The van der Waals surface area contributed by atoms with E-state index < -0.39 is 0 Å². The van der Waals surface area contributed by atoms with Gasteiger partial charge in [-0.15, -0.1) is 5.10 Å². The van der Waals surface area contributed by atoms with Gasteiger partial charge in [0.2, 0.25) is 0 Å². The molecule has 4 heteroatoms. The van der Waals surface area contributed by atoms with Crippen molar-refractivity contribution in [2.75, 3.05) is 18.5 Å². The summed E-state index contributed by atoms with van der Waals surface area (Å²) < 4.78 is 0. The third-order valence-corrected chi connectivity index (χ3v) is 2.76. The second-order valence-electron chi connectivity index (χ2n) is 4.69. The van der Waals surface area contributed by atoms with Gasteiger partial charge in [-0.3, -0.25) is 0 Å². The molecule has 1 rings (SSSR count). The van der Waals surface area contributed by atoms with Crippen LogP contribution in [0.15, 0.2) is 0 Å². The highest BCUT2D eigenvalue weighted by Gasteiger charge is 2.14. The Bertz CT molecular complexity index is 360. The van der Waals surface area contributed by atoms with Gasteiger partial charge in [0.1, 0.15) is 0 Å². The summed E-state index contributed by atoms with van der Waals surface area (Å²) in [6, 6.07) is 0. The molecule has 0 aliphatic rings. The largest absolute Gasteiger partial charge is 0.358 e. The first-order valence-corrected chi connectivity index (χ1v) is 5.71. The lowest BCUT2D eigenvalue weighted by Gasteiger charge is -2.23. The van der Waals surface area contributed by atoms with E-state index in [2.05, 4.69) is 35.9 Å². The van der Waals surface area contributed by atoms with Gasteiger partial charge in [-0.1, -0.05) is 13.8 Å². The van der Waals surface area contributed by atoms with Gasteiger partial charge < -0.3 is 10.6 Å². The van der Waals surface area contributed by atoms with Crippen LogP contribution in [0.1, 0.15) is 30.7 Å². The fourth-order valence-corrected chi connectivity index (χ4v) is 1.83. The highest BCUT2D eigenvalue weighted by molar-refractivity contribution is 5.50. The van der Waals surface area contributed by atoms with E-state index in [0.717, 1.165) is 29.2 Å². The SMILES string of the molecule is Cc1nnc(N(C)CC(C)C)c(CN)c1C. The van der Waals surface area contributed by atoms with Gasteiger partial charge in [-0.2, -0.15) is 5.10 Å². The van der Waals surface area contributed by atoms with Crippen LogP contribution in [0.3, 0.4) is 0 Å². The first-order valence-electron chi connectivity index (χ1n) is 5.71. The van der Waals surface area contributed by atoms with E-state index in [1.54, 1.807) is 0 Å². The highest BCUT2D eigenvalue weighted by atomic mass is 15.2. The first-order chi connectivity index (χ1) is 7.47. The van der Waals surface area contributed by atoms with Crippen molar-refractivity contribution < 1.29 is 0 Å². The van der Waals surface area contributed by atoms with Crippen molar-refractivity contribution in [3.05, 3.63) is 16.8 Å². The van der Waals surface area contributed by atoms with Gasteiger partial charge >= 0.3 is 0 Å². The second-order valence-corrected chi connectivity index (χ2v) is 4.69. The van der Waals surface area contributed by atoms with Gasteiger partial charge in [0.25, 0.3) is 0 Å². The van der Waals surface area contributed by atoms with Crippen molar-refractivity contribution in [3.8, 4) is 0 Å². The van der Waals surface area contributed by atoms with E-state index in [9.17, 15) is 0 Å². The van der Waals surface area contributed by atoms with Crippen LogP contribution in [0.2, 0.25) is 0 Å². The number of aromatic nitrogens is 2. The van der Waals surface area contributed by atoms with E-state index in [1.165, 1.54) is 0 Å². The van der Waals surface area contributed by atoms with Crippen LogP contribution in [-0.4, -0.2) is 23.8 Å². The summed E-state index contributed by atoms with van der Waals surface area (Å²) >= 11 is 0. The molecular formula is C12H22N4. The van der Waals surface area contributed by atoms with Crippen LogP contribution in [0.25, 0.3) is 0 Å². The molecule has 1 heterocycles. The number of hydrogen-bond acceptors (Lipinski definition) is 4. The standard InChI is InChI=1S/C12H22N4/c1-8(2)7-16(5)12-11(6-13)9(3)10(4)14-15-12/h8H,6-7,13H2,1-5H3. The Hall–Kier alpha value is -1.16. The van der Waals surface area contributed by atoms with E-state index >= 15 is 0 Å². The molecule has 0 unspecified atom stereocenters. The molecular weight excluding hydrogens is 200 g/mol. The molecule has 0 aliphatic heterocycles. The molecule has 0 bridgehead atoms. The smallest absolute Gasteiger partial charge is 0.155 e. The summed E-state index contributed by atoms with van der Waals surface area (Å²) in [7, 11) is 2.04. The molecule has 1 aromatic rings. The van der Waals surface area contributed by atoms with Crippen molar-refractivity contribution in [2.45, 2.75) is 34.2 Å². The van der Waals surface area contributed by atoms with Crippen molar-refractivity contribution in [3.63, 3.8) is 0 Å². The second kappa shape index (κ2) is 5.25. The lowest BCUT2D eigenvalue weighted by Crippen LogP contribution is -2.26. The number of nitrogens with two attached hydrogens (primary N) is 1. The molecule has 0 saturated heterocycles. The van der Waals surface area contributed by atoms with Crippen LogP contribution in [0, 0.1) is 19.8 Å². The topological polar surface area (TPSA) is 55.0 Å². The number of nitrogens with zero attached hydrogens (tertiary/aromatic N) is 3. The summed E-state index contributed by atoms with van der Waals surface area (Å²) in [6.07, 6.45) is 0. The molecule has 16 heavy (non-hydrogen) atoms. The normalized spacial score (nSPS) is 10.9. The Morgan fingerprint density at radius 1 is 1.25 bits per heavy atom. The molecule has 0 atom stereocenters. The maximum absolute atomic E-state index is 5.79. The Balaban J connectivity index is 3.08. The summed E-state index contributed by atoms with van der Waals surface area (Å²) in [5.74, 6) is 1.51. The maximum Gasteiger partial charge on any atom is 0.155 e. The van der Waals surface area contributed by atoms with Gasteiger partial charge in [-0.05, 0) is 25.3 Å². The molecule has 0 saturated carbocycles. The summed E-state index contributed by atoms with van der Waals surface area (Å²) in [5.41, 5.74) is 9.02. The zero-order chi connectivity index (χ0) is 12.3. The Morgan fingerprint density at radius 3 is 2.38 bits per heavy atom. The zero-order valence-corrected chi connectivity index (χ0v) is 10.9. The average Bonchev–Trinajstić information content (AvgIpc) is 2.20. The number of anilines is 1. The van der Waals surface area contributed by atoms with Crippen molar-refractivity contribution >= 4 is 5.82 Å². The molecule has 0 aromatic carbocycles. The predicted octanol–water partition coefficient (Wildman–Crippen LogP) is 1.64. The molecule has 90 valence electrons. The van der Waals surface area contributed by atoms with Crippen LogP contribution < -0.4 is 10.6 Å². The summed E-state index contributed by atoms with van der Waals surface area (Å²) in [4.78, 5) is 2.13. The quantitative estimate of drug-likeness (QED) is 0.841. The minimum absolute atomic E-state index is 0.514. The van der Waals surface area contributed by atoms with E-state index in [4.69, 9.17) is 5.73 Å². The third-order valence-electron chi connectivity index (χ3n) is 2.76. The molecule has 0 spiro atoms. The number of hydrogen-bond donors (Lipinski definition) is 1. The Kier molecular flexibility index (Phi) is 4.24. The number of rotatable bonds is 4. The van der Waals surface area contributed by atoms with Crippen molar-refractivity contribution in [1.29, 1.82) is 0 Å². The minimum atomic E-state index is 0.514. The molecule has 2 N–H and O–H groups in total. The Labute approximate surface area is 97.9 Å². The maximum atomic E-state index is 5.79. The fraction of sp³-hybridized carbons (Fsp3) is 0.667. The third kappa shape index (κ3) is 2.70. The Morgan fingerprint density at radius 2 is 1.88 bits per heavy atom. The van der Waals surface area contributed by atoms with Crippen LogP contribution in [0.4, 0.5) is 5.82 Å². The molecule has 0 aliphatic carbocycles. The first kappa shape index (κ1) is 12.9. The van der Waals surface area contributed by atoms with Crippen molar-refractivity contribution in [1.82, 2.24) is 10.2 Å². The summed E-state index contributed by atoms with van der Waals surface area (Å²) in [6.45, 7) is 9.87. The van der Waals surface area contributed by atoms with Crippen LogP contribution in [-0.2, 0) is 6.54 Å². The minimum Gasteiger partial charge on any atom is -0.358 e. The molecule has 0 amide bonds. The van der Waals surface area contributed by atoms with E-state index in [-0.39, 0.29) is 0 Å². The molecule has 0 radical (unpaired) electrons. The van der Waals surface area contributed by atoms with Gasteiger partial charge in [0, 0.05) is 25.7 Å². The van der Waals surface area contributed by atoms with Gasteiger partial charge in [-0.25, -0.2) is 0 Å². The van der Waals surface area contributed by atoms with Crippen molar-refractivity contribution in [2.24, 2.45) is 11.7 Å². The van der Waals surface area contributed by atoms with Gasteiger partial charge in [0.05, 0.1) is 5.69 Å². The monoisotopic (exact) mass is 222 g/mol. The number of aryl methyl sites for hydroxylation is 1. The van der Waals surface area contributed by atoms with Gasteiger partial charge in [0.15, 0.2) is 5.82 Å². The lowest BCUT2D eigenvalue weighted by molar-refractivity contribution is 0.629.